The fourth-order valence-electron chi connectivity index (χ4n) is 5.71. The Morgan fingerprint density at radius 1 is 1.00 bits per heavy atom. The minimum Gasteiger partial charge on any atom is -0.450 e. The average molecular weight is 394 g/mol. The molecule has 7 nitrogen and oxygen atoms in total. The van der Waals surface area contributed by atoms with E-state index < -0.39 is 0 Å². The van der Waals surface area contributed by atoms with E-state index in [2.05, 4.69) is 9.80 Å². The fourth-order valence-corrected chi connectivity index (χ4v) is 5.71. The van der Waals surface area contributed by atoms with Crippen molar-refractivity contribution in [2.45, 2.75) is 76.4 Å². The van der Waals surface area contributed by atoms with Crippen molar-refractivity contribution in [2.75, 3.05) is 39.4 Å². The van der Waals surface area contributed by atoms with Crippen LogP contribution >= 0.6 is 0 Å². The van der Waals surface area contributed by atoms with Crippen molar-refractivity contribution in [1.29, 1.82) is 0 Å². The summed E-state index contributed by atoms with van der Waals surface area (Å²) >= 11 is 0. The summed E-state index contributed by atoms with van der Waals surface area (Å²) in [6.07, 6.45) is 8.71. The summed E-state index contributed by atoms with van der Waals surface area (Å²) in [6, 6.07) is 1.27. The van der Waals surface area contributed by atoms with Gasteiger partial charge < -0.3 is 24.2 Å². The van der Waals surface area contributed by atoms with Crippen LogP contribution in [0.25, 0.3) is 0 Å². The molecule has 158 valence electrons. The quantitative estimate of drug-likeness (QED) is 0.737. The molecule has 2 amide bonds. The van der Waals surface area contributed by atoms with Crippen LogP contribution in [-0.2, 0) is 9.47 Å². The standard InChI is InChI=1S/C21H35N3O4/c1-2-27-20(25)23-13-7-17(8-14-23)22-11-9-18(10-12-22)24-19-6-4-3-5-16(19)15-28-21(24)26/h16-19H,2-15H2,1H3/t16-,19+/m1/s1. The Hall–Kier alpha value is -1.50. The maximum absolute atomic E-state index is 12.5. The van der Waals surface area contributed by atoms with Crippen molar-refractivity contribution >= 4 is 12.2 Å². The molecule has 0 spiro atoms. The van der Waals surface area contributed by atoms with E-state index in [0.717, 1.165) is 58.3 Å². The number of carbonyl (C=O) groups excluding carboxylic acids is 2. The van der Waals surface area contributed by atoms with E-state index in [1.54, 1.807) is 0 Å². The summed E-state index contributed by atoms with van der Waals surface area (Å²) in [6.45, 7) is 6.55. The summed E-state index contributed by atoms with van der Waals surface area (Å²) < 4.78 is 10.7. The van der Waals surface area contributed by atoms with Gasteiger partial charge in [0, 0.05) is 50.2 Å². The van der Waals surface area contributed by atoms with Crippen molar-refractivity contribution in [3.05, 3.63) is 0 Å². The molecule has 4 fully saturated rings. The Morgan fingerprint density at radius 2 is 1.68 bits per heavy atom. The molecule has 3 aliphatic heterocycles. The molecule has 0 aromatic rings. The van der Waals surface area contributed by atoms with E-state index in [1.165, 1.54) is 19.3 Å². The molecule has 4 aliphatic rings. The Bertz CT molecular complexity index is 556. The molecule has 7 heteroatoms. The summed E-state index contributed by atoms with van der Waals surface area (Å²) in [4.78, 5) is 30.9. The third kappa shape index (κ3) is 4.09. The minimum absolute atomic E-state index is 0.0793. The van der Waals surface area contributed by atoms with Gasteiger partial charge in [0.05, 0.1) is 13.2 Å². The molecule has 1 aliphatic carbocycles. The van der Waals surface area contributed by atoms with Crippen LogP contribution in [0.3, 0.4) is 0 Å². The monoisotopic (exact) mass is 393 g/mol. The summed E-state index contributed by atoms with van der Waals surface area (Å²) in [5.41, 5.74) is 0. The number of amides is 2. The number of fused-ring (bicyclic) bond motifs is 1. The van der Waals surface area contributed by atoms with Gasteiger partial charge in [-0.05, 0) is 45.4 Å². The van der Waals surface area contributed by atoms with Crippen molar-refractivity contribution in [2.24, 2.45) is 5.92 Å². The van der Waals surface area contributed by atoms with Crippen molar-refractivity contribution in [1.82, 2.24) is 14.7 Å². The highest BCUT2D eigenvalue weighted by molar-refractivity contribution is 5.69. The van der Waals surface area contributed by atoms with E-state index in [9.17, 15) is 9.59 Å². The van der Waals surface area contributed by atoms with Crippen LogP contribution in [0.1, 0.15) is 58.3 Å². The molecule has 0 radical (unpaired) electrons. The predicted molar refractivity (Wildman–Crippen MR) is 105 cm³/mol. The second kappa shape index (κ2) is 8.89. The number of hydrogen-bond acceptors (Lipinski definition) is 5. The third-order valence-corrected chi connectivity index (χ3v) is 7.26. The maximum Gasteiger partial charge on any atom is 0.410 e. The van der Waals surface area contributed by atoms with Gasteiger partial charge in [0.15, 0.2) is 0 Å². The van der Waals surface area contributed by atoms with E-state index in [-0.39, 0.29) is 12.2 Å². The number of carbonyl (C=O) groups is 2. The number of ether oxygens (including phenoxy) is 2. The largest absolute Gasteiger partial charge is 0.450 e. The van der Waals surface area contributed by atoms with Crippen LogP contribution < -0.4 is 0 Å². The second-order valence-electron chi connectivity index (χ2n) is 8.78. The highest BCUT2D eigenvalue weighted by atomic mass is 16.6. The lowest BCUT2D eigenvalue weighted by atomic mass is 9.82. The smallest absolute Gasteiger partial charge is 0.410 e. The van der Waals surface area contributed by atoms with E-state index in [0.29, 0.717) is 37.3 Å². The van der Waals surface area contributed by atoms with Crippen LogP contribution in [0.4, 0.5) is 9.59 Å². The summed E-state index contributed by atoms with van der Waals surface area (Å²) in [7, 11) is 0. The predicted octanol–water partition coefficient (Wildman–Crippen LogP) is 3.08. The molecule has 4 rings (SSSR count). The highest BCUT2D eigenvalue weighted by Crippen LogP contribution is 2.36. The molecule has 0 unspecified atom stereocenters. The lowest BCUT2D eigenvalue weighted by Gasteiger charge is -2.49. The first kappa shape index (κ1) is 19.8. The zero-order chi connectivity index (χ0) is 19.5. The summed E-state index contributed by atoms with van der Waals surface area (Å²) in [5, 5.41) is 0. The van der Waals surface area contributed by atoms with Gasteiger partial charge in [-0.1, -0.05) is 12.8 Å². The average Bonchev–Trinajstić information content (AvgIpc) is 2.74. The molecule has 0 aromatic carbocycles. The number of cyclic esters (lactones) is 1. The summed E-state index contributed by atoms with van der Waals surface area (Å²) in [5.74, 6) is 0.539. The van der Waals surface area contributed by atoms with E-state index in [4.69, 9.17) is 9.47 Å². The van der Waals surface area contributed by atoms with Crippen molar-refractivity contribution < 1.29 is 19.1 Å². The van der Waals surface area contributed by atoms with Gasteiger partial charge in [0.1, 0.15) is 0 Å². The van der Waals surface area contributed by atoms with Crippen LogP contribution in [0, 0.1) is 5.92 Å². The Labute approximate surface area is 168 Å². The molecule has 0 N–H and O–H groups in total. The minimum atomic E-state index is -0.176. The van der Waals surface area contributed by atoms with Gasteiger partial charge in [-0.15, -0.1) is 0 Å². The topological polar surface area (TPSA) is 62.3 Å². The first-order valence-corrected chi connectivity index (χ1v) is 11.3. The highest BCUT2D eigenvalue weighted by Gasteiger charge is 2.43. The number of rotatable bonds is 3. The molecule has 3 saturated heterocycles. The maximum atomic E-state index is 12.5. The van der Waals surface area contributed by atoms with Gasteiger partial charge in [-0.3, -0.25) is 0 Å². The van der Waals surface area contributed by atoms with Gasteiger partial charge in [0.25, 0.3) is 0 Å². The first-order chi connectivity index (χ1) is 13.7. The lowest BCUT2D eigenvalue weighted by molar-refractivity contribution is -0.0407. The van der Waals surface area contributed by atoms with Crippen molar-refractivity contribution in [3.63, 3.8) is 0 Å². The third-order valence-electron chi connectivity index (χ3n) is 7.26. The first-order valence-electron chi connectivity index (χ1n) is 11.3. The zero-order valence-electron chi connectivity index (χ0n) is 17.2. The Balaban J connectivity index is 1.28. The lowest BCUT2D eigenvalue weighted by Crippen LogP contribution is -2.59. The number of piperidine rings is 2. The van der Waals surface area contributed by atoms with Gasteiger partial charge >= 0.3 is 12.2 Å². The van der Waals surface area contributed by atoms with Gasteiger partial charge in [-0.25, -0.2) is 9.59 Å². The molecule has 28 heavy (non-hydrogen) atoms. The SMILES string of the molecule is CCOC(=O)N1CCC(N2CCC(N3C(=O)OC[C@H]4CCCC[C@@H]43)CC2)CC1. The molecule has 3 heterocycles. The number of likely N-dealkylation sites (tertiary alicyclic amines) is 2. The van der Waals surface area contributed by atoms with Crippen LogP contribution in [0.2, 0.25) is 0 Å². The van der Waals surface area contributed by atoms with Crippen LogP contribution in [0.5, 0.6) is 0 Å². The molecular weight excluding hydrogens is 358 g/mol. The number of nitrogens with zero attached hydrogens (tertiary/aromatic N) is 3. The molecule has 2 atom stereocenters. The number of hydrogen-bond donors (Lipinski definition) is 0. The van der Waals surface area contributed by atoms with Crippen molar-refractivity contribution in [3.8, 4) is 0 Å². The molecule has 1 saturated carbocycles. The Morgan fingerprint density at radius 3 is 2.39 bits per heavy atom. The normalized spacial score (nSPS) is 30.7. The fraction of sp³-hybridized carbons (Fsp3) is 0.905. The zero-order valence-corrected chi connectivity index (χ0v) is 17.2. The van der Waals surface area contributed by atoms with Gasteiger partial charge in [0.2, 0.25) is 0 Å². The molecular formula is C21H35N3O4. The van der Waals surface area contributed by atoms with E-state index >= 15 is 0 Å². The van der Waals surface area contributed by atoms with Crippen LogP contribution in [0.15, 0.2) is 0 Å². The Kier molecular flexibility index (Phi) is 6.28. The van der Waals surface area contributed by atoms with Gasteiger partial charge in [-0.2, -0.15) is 0 Å². The van der Waals surface area contributed by atoms with Crippen LogP contribution in [-0.4, -0.2) is 84.4 Å². The van der Waals surface area contributed by atoms with E-state index in [1.807, 2.05) is 11.8 Å². The molecule has 0 bridgehead atoms. The second-order valence-corrected chi connectivity index (χ2v) is 8.78. The molecule has 0 aromatic heterocycles.